The van der Waals surface area contributed by atoms with Crippen LogP contribution in [-0.2, 0) is 6.18 Å². The lowest BCUT2D eigenvalue weighted by Gasteiger charge is -2.16. The van der Waals surface area contributed by atoms with Crippen LogP contribution < -0.4 is 4.74 Å². The Kier molecular flexibility index (Phi) is 3.35. The van der Waals surface area contributed by atoms with Crippen molar-refractivity contribution < 1.29 is 26.7 Å². The first-order valence-electron chi connectivity index (χ1n) is 4.17. The van der Waals surface area contributed by atoms with Crippen LogP contribution >= 0.6 is 0 Å². The van der Waals surface area contributed by atoms with Crippen molar-refractivity contribution in [1.82, 2.24) is 4.98 Å². The molecule has 0 fully saturated rings. The Morgan fingerprint density at radius 2 is 1.88 bits per heavy atom. The summed E-state index contributed by atoms with van der Waals surface area (Å²) in [5.41, 5.74) is -2.30. The van der Waals surface area contributed by atoms with E-state index in [9.17, 15) is 22.0 Å². The number of aryl methyl sites for hydroxylation is 1. The molecule has 2 nitrogen and oxygen atoms in total. The number of rotatable bonds is 2. The summed E-state index contributed by atoms with van der Waals surface area (Å²) in [6.45, 7) is 1.20. The van der Waals surface area contributed by atoms with Crippen molar-refractivity contribution in [3.8, 4) is 5.75 Å². The van der Waals surface area contributed by atoms with Gasteiger partial charge in [-0.2, -0.15) is 13.2 Å². The molecule has 0 bridgehead atoms. The van der Waals surface area contributed by atoms with E-state index in [-0.39, 0.29) is 5.69 Å². The summed E-state index contributed by atoms with van der Waals surface area (Å²) < 4.78 is 66.9. The second-order valence-corrected chi connectivity index (χ2v) is 3.00. The molecule has 0 aliphatic carbocycles. The average molecular weight is 241 g/mol. The minimum absolute atomic E-state index is 0.181. The van der Waals surface area contributed by atoms with Gasteiger partial charge in [-0.1, -0.05) is 0 Å². The van der Waals surface area contributed by atoms with Crippen molar-refractivity contribution in [1.29, 1.82) is 0 Å². The van der Waals surface area contributed by atoms with Gasteiger partial charge in [0.1, 0.15) is 11.3 Å². The summed E-state index contributed by atoms with van der Waals surface area (Å²) in [6.07, 6.45) is -7.35. The topological polar surface area (TPSA) is 22.1 Å². The van der Waals surface area contributed by atoms with Crippen LogP contribution in [0.1, 0.15) is 23.2 Å². The van der Waals surface area contributed by atoms with Crippen LogP contribution in [0.5, 0.6) is 5.75 Å². The molecule has 0 aromatic carbocycles. The van der Waals surface area contributed by atoms with E-state index in [0.29, 0.717) is 6.20 Å². The normalized spacial score (nSPS) is 12.0. The maximum absolute atomic E-state index is 12.6. The highest BCUT2D eigenvalue weighted by Crippen LogP contribution is 2.41. The van der Waals surface area contributed by atoms with Gasteiger partial charge >= 0.3 is 6.18 Å². The van der Waals surface area contributed by atoms with Crippen molar-refractivity contribution in [3.63, 3.8) is 0 Å². The fourth-order valence-corrected chi connectivity index (χ4v) is 1.28. The SMILES string of the molecule is COc1c(C(F)(F)F)cnc(C)c1C(F)F. The number of pyridine rings is 1. The third-order valence-corrected chi connectivity index (χ3v) is 1.99. The first-order chi connectivity index (χ1) is 7.29. The fraction of sp³-hybridized carbons (Fsp3) is 0.444. The average Bonchev–Trinajstić information content (AvgIpc) is 2.14. The molecular weight excluding hydrogens is 233 g/mol. The molecule has 1 heterocycles. The summed E-state index contributed by atoms with van der Waals surface area (Å²) in [5, 5.41) is 0. The molecule has 0 radical (unpaired) electrons. The third kappa shape index (κ3) is 2.23. The molecule has 0 saturated heterocycles. The Morgan fingerprint density at radius 1 is 1.31 bits per heavy atom. The molecule has 0 saturated carbocycles. The third-order valence-electron chi connectivity index (χ3n) is 1.99. The number of alkyl halides is 5. The van der Waals surface area contributed by atoms with E-state index in [1.807, 2.05) is 0 Å². The van der Waals surface area contributed by atoms with Crippen molar-refractivity contribution in [2.75, 3.05) is 7.11 Å². The molecule has 0 amide bonds. The van der Waals surface area contributed by atoms with E-state index in [1.54, 1.807) is 0 Å². The van der Waals surface area contributed by atoms with Crippen LogP contribution in [0.15, 0.2) is 6.20 Å². The molecule has 0 aliphatic heterocycles. The van der Waals surface area contributed by atoms with E-state index in [0.717, 1.165) is 7.11 Å². The molecule has 0 N–H and O–H groups in total. The predicted octanol–water partition coefficient (Wildman–Crippen LogP) is 3.36. The molecule has 0 aliphatic rings. The zero-order valence-electron chi connectivity index (χ0n) is 8.40. The lowest BCUT2D eigenvalue weighted by atomic mass is 10.1. The van der Waals surface area contributed by atoms with Crippen molar-refractivity contribution in [2.45, 2.75) is 19.5 Å². The highest BCUT2D eigenvalue weighted by molar-refractivity contribution is 5.44. The Labute approximate surface area is 88.1 Å². The van der Waals surface area contributed by atoms with Crippen molar-refractivity contribution in [2.24, 2.45) is 0 Å². The monoisotopic (exact) mass is 241 g/mol. The molecule has 1 rings (SSSR count). The van der Waals surface area contributed by atoms with Crippen molar-refractivity contribution >= 4 is 0 Å². The van der Waals surface area contributed by atoms with Crippen LogP contribution in [0, 0.1) is 6.92 Å². The summed E-state index contributed by atoms with van der Waals surface area (Å²) in [5.74, 6) is -0.866. The Morgan fingerprint density at radius 3 is 2.25 bits per heavy atom. The number of halogens is 5. The standard InChI is InChI=1S/C9H8F5NO/c1-4-6(8(10)11)7(16-2)5(3-15-4)9(12,13)14/h3,8H,1-2H3. The largest absolute Gasteiger partial charge is 0.495 e. The molecule has 90 valence electrons. The van der Waals surface area contributed by atoms with Crippen LogP contribution in [-0.4, -0.2) is 12.1 Å². The van der Waals surface area contributed by atoms with Gasteiger partial charge < -0.3 is 4.74 Å². The number of hydrogen-bond acceptors (Lipinski definition) is 2. The molecule has 16 heavy (non-hydrogen) atoms. The van der Waals surface area contributed by atoms with Gasteiger partial charge in [0.05, 0.1) is 12.7 Å². The lowest BCUT2D eigenvalue weighted by molar-refractivity contribution is -0.139. The van der Waals surface area contributed by atoms with Gasteiger partial charge in [0.2, 0.25) is 0 Å². The molecule has 7 heteroatoms. The molecule has 0 spiro atoms. The van der Waals surface area contributed by atoms with Gasteiger partial charge in [-0.05, 0) is 6.92 Å². The lowest BCUT2D eigenvalue weighted by Crippen LogP contribution is -2.11. The van der Waals surface area contributed by atoms with Crippen molar-refractivity contribution in [3.05, 3.63) is 23.0 Å². The second kappa shape index (κ2) is 4.23. The Bertz CT molecular complexity index is 388. The summed E-state index contributed by atoms with van der Waals surface area (Å²) >= 11 is 0. The van der Waals surface area contributed by atoms with Gasteiger partial charge in [0.15, 0.2) is 0 Å². The van der Waals surface area contributed by atoms with Gasteiger partial charge in [-0.25, -0.2) is 8.78 Å². The number of aromatic nitrogens is 1. The minimum atomic E-state index is -4.77. The highest BCUT2D eigenvalue weighted by Gasteiger charge is 2.37. The predicted molar refractivity (Wildman–Crippen MR) is 45.5 cm³/mol. The molecule has 0 atom stereocenters. The van der Waals surface area contributed by atoms with Crippen LogP contribution in [0.2, 0.25) is 0 Å². The van der Waals surface area contributed by atoms with E-state index in [1.165, 1.54) is 6.92 Å². The Balaban J connectivity index is 3.49. The molecular formula is C9H8F5NO. The van der Waals surface area contributed by atoms with E-state index in [2.05, 4.69) is 9.72 Å². The van der Waals surface area contributed by atoms with Crippen LogP contribution in [0.25, 0.3) is 0 Å². The number of hydrogen-bond donors (Lipinski definition) is 0. The zero-order valence-corrected chi connectivity index (χ0v) is 8.40. The van der Waals surface area contributed by atoms with E-state index >= 15 is 0 Å². The maximum atomic E-state index is 12.6. The molecule has 1 aromatic heterocycles. The maximum Gasteiger partial charge on any atom is 0.421 e. The summed E-state index contributed by atoms with van der Waals surface area (Å²) in [7, 11) is 0.913. The number of ether oxygens (including phenoxy) is 1. The Hall–Kier alpha value is -1.40. The molecule has 1 aromatic rings. The van der Waals surface area contributed by atoms with Gasteiger partial charge in [0.25, 0.3) is 6.43 Å². The van der Waals surface area contributed by atoms with E-state index in [4.69, 9.17) is 0 Å². The highest BCUT2D eigenvalue weighted by atomic mass is 19.4. The summed E-state index contributed by atoms with van der Waals surface area (Å²) in [4.78, 5) is 3.30. The second-order valence-electron chi connectivity index (χ2n) is 3.00. The number of nitrogens with zero attached hydrogens (tertiary/aromatic N) is 1. The smallest absolute Gasteiger partial charge is 0.421 e. The van der Waals surface area contributed by atoms with Gasteiger partial charge in [-0.15, -0.1) is 0 Å². The first kappa shape index (κ1) is 12.7. The fourth-order valence-electron chi connectivity index (χ4n) is 1.28. The first-order valence-corrected chi connectivity index (χ1v) is 4.17. The van der Waals surface area contributed by atoms with Gasteiger partial charge in [0, 0.05) is 11.9 Å². The summed E-state index contributed by atoms with van der Waals surface area (Å²) in [6, 6.07) is 0. The quantitative estimate of drug-likeness (QED) is 0.740. The molecule has 0 unspecified atom stereocenters. The minimum Gasteiger partial charge on any atom is -0.495 e. The van der Waals surface area contributed by atoms with Gasteiger partial charge in [-0.3, -0.25) is 4.98 Å². The van der Waals surface area contributed by atoms with E-state index < -0.39 is 29.5 Å². The number of methoxy groups -OCH3 is 1. The zero-order chi connectivity index (χ0) is 12.5. The van der Waals surface area contributed by atoms with Crippen LogP contribution in [0.4, 0.5) is 22.0 Å². The van der Waals surface area contributed by atoms with Crippen LogP contribution in [0.3, 0.4) is 0 Å².